The van der Waals surface area contributed by atoms with Gasteiger partial charge in [0.2, 0.25) is 5.91 Å². The Bertz CT molecular complexity index is 940. The molecule has 4 rings (SSSR count). The topological polar surface area (TPSA) is 79.4 Å². The van der Waals surface area contributed by atoms with Crippen LogP contribution in [0.25, 0.3) is 11.3 Å². The van der Waals surface area contributed by atoms with E-state index in [0.29, 0.717) is 6.61 Å². The van der Waals surface area contributed by atoms with E-state index in [-0.39, 0.29) is 18.1 Å². The maximum Gasteiger partial charge on any atom is 0.217 e. The van der Waals surface area contributed by atoms with Gasteiger partial charge in [-0.1, -0.05) is 42.5 Å². The first-order valence-corrected chi connectivity index (χ1v) is 9.29. The van der Waals surface area contributed by atoms with Gasteiger partial charge in [-0.05, 0) is 24.1 Å². The lowest BCUT2D eigenvalue weighted by atomic mass is 10.0. The first kappa shape index (κ1) is 18.1. The van der Waals surface area contributed by atoms with E-state index in [2.05, 4.69) is 32.7 Å². The van der Waals surface area contributed by atoms with Crippen molar-refractivity contribution >= 4 is 17.4 Å². The Morgan fingerprint density at radius 2 is 1.89 bits per heavy atom. The molecule has 6 heteroatoms. The Morgan fingerprint density at radius 1 is 1.14 bits per heavy atom. The number of aromatic nitrogens is 2. The van der Waals surface area contributed by atoms with Crippen LogP contribution in [0.4, 0.5) is 11.5 Å². The maximum atomic E-state index is 11.4. The second kappa shape index (κ2) is 8.19. The molecule has 1 aliphatic rings. The van der Waals surface area contributed by atoms with Crippen LogP contribution in [0.3, 0.4) is 0 Å². The smallest absolute Gasteiger partial charge is 0.217 e. The molecule has 0 spiro atoms. The average molecular weight is 374 g/mol. The first-order valence-electron chi connectivity index (χ1n) is 9.29. The fourth-order valence-electron chi connectivity index (χ4n) is 3.14. The minimum Gasteiger partial charge on any atom is -0.371 e. The van der Waals surface area contributed by atoms with Crippen molar-refractivity contribution in [2.75, 3.05) is 11.9 Å². The van der Waals surface area contributed by atoms with Crippen LogP contribution in [0.1, 0.15) is 12.5 Å². The van der Waals surface area contributed by atoms with Gasteiger partial charge in [-0.15, -0.1) is 0 Å². The molecule has 2 N–H and O–H groups in total. The Morgan fingerprint density at radius 3 is 2.57 bits per heavy atom. The van der Waals surface area contributed by atoms with E-state index < -0.39 is 0 Å². The SMILES string of the molecule is CC(=O)N[C@@H](Cc1ccc(Nc2cc(-c3ccccc3)ncn2)cc1)C1CO1. The minimum atomic E-state index is -0.0308. The molecule has 1 amide bonds. The van der Waals surface area contributed by atoms with E-state index in [0.717, 1.165) is 34.7 Å². The lowest BCUT2D eigenvalue weighted by Gasteiger charge is -2.16. The van der Waals surface area contributed by atoms with Gasteiger partial charge in [0.15, 0.2) is 0 Å². The summed E-state index contributed by atoms with van der Waals surface area (Å²) in [5.74, 6) is 0.709. The second-order valence-corrected chi connectivity index (χ2v) is 6.86. The number of carbonyl (C=O) groups excluding carboxylic acids is 1. The molecule has 3 aromatic rings. The highest BCUT2D eigenvalue weighted by Gasteiger charge is 2.33. The summed E-state index contributed by atoms with van der Waals surface area (Å²) in [5, 5.41) is 6.29. The van der Waals surface area contributed by atoms with Crippen molar-refractivity contribution in [3.8, 4) is 11.3 Å². The Hall–Kier alpha value is -3.25. The second-order valence-electron chi connectivity index (χ2n) is 6.86. The van der Waals surface area contributed by atoms with Gasteiger partial charge < -0.3 is 15.4 Å². The van der Waals surface area contributed by atoms with Crippen molar-refractivity contribution in [2.24, 2.45) is 0 Å². The molecule has 0 radical (unpaired) electrons. The fraction of sp³-hybridized carbons (Fsp3) is 0.227. The minimum absolute atomic E-state index is 0.0200. The van der Waals surface area contributed by atoms with E-state index in [1.165, 1.54) is 6.92 Å². The molecule has 1 aromatic heterocycles. The third-order valence-corrected chi connectivity index (χ3v) is 4.62. The Labute approximate surface area is 164 Å². The molecule has 1 saturated heterocycles. The molecule has 2 heterocycles. The summed E-state index contributed by atoms with van der Waals surface area (Å²) in [6.45, 7) is 2.25. The summed E-state index contributed by atoms with van der Waals surface area (Å²) >= 11 is 0. The van der Waals surface area contributed by atoms with Gasteiger partial charge >= 0.3 is 0 Å². The summed E-state index contributed by atoms with van der Waals surface area (Å²) < 4.78 is 5.35. The maximum absolute atomic E-state index is 11.4. The highest BCUT2D eigenvalue weighted by atomic mass is 16.6. The van der Waals surface area contributed by atoms with Gasteiger partial charge in [0.1, 0.15) is 18.2 Å². The van der Waals surface area contributed by atoms with Gasteiger partial charge in [0.25, 0.3) is 0 Å². The fourth-order valence-corrected chi connectivity index (χ4v) is 3.14. The molecule has 0 saturated carbocycles. The van der Waals surface area contributed by atoms with Crippen molar-refractivity contribution in [3.05, 3.63) is 72.6 Å². The van der Waals surface area contributed by atoms with E-state index in [1.807, 2.05) is 48.5 Å². The number of carbonyl (C=O) groups is 1. The van der Waals surface area contributed by atoms with Crippen LogP contribution in [0, 0.1) is 0 Å². The molecule has 2 aromatic carbocycles. The monoisotopic (exact) mass is 374 g/mol. The first-order chi connectivity index (χ1) is 13.7. The summed E-state index contributed by atoms with van der Waals surface area (Å²) in [6, 6.07) is 20.1. The van der Waals surface area contributed by atoms with Gasteiger partial charge in [0, 0.05) is 24.2 Å². The predicted octanol–water partition coefficient (Wildman–Crippen LogP) is 3.33. The summed E-state index contributed by atoms with van der Waals surface area (Å²) in [6.07, 6.45) is 2.43. The number of amides is 1. The van der Waals surface area contributed by atoms with Crippen molar-refractivity contribution in [3.63, 3.8) is 0 Å². The molecule has 0 bridgehead atoms. The van der Waals surface area contributed by atoms with Gasteiger partial charge in [-0.3, -0.25) is 4.79 Å². The standard InChI is InChI=1S/C22H22N4O2/c1-15(27)25-20(21-13-28-21)11-16-7-9-18(10-8-16)26-22-12-19(23-14-24-22)17-5-3-2-4-6-17/h2-10,12,14,20-21H,11,13H2,1H3,(H,25,27)(H,23,24,26)/t20-,21?/m0/s1. The van der Waals surface area contributed by atoms with Crippen LogP contribution in [-0.2, 0) is 16.0 Å². The number of nitrogens with zero attached hydrogens (tertiary/aromatic N) is 2. The Balaban J connectivity index is 1.43. The molecule has 1 unspecified atom stereocenters. The van der Waals surface area contributed by atoms with Crippen LogP contribution in [0.5, 0.6) is 0 Å². The lowest BCUT2D eigenvalue weighted by Crippen LogP contribution is -2.39. The Kier molecular flexibility index (Phi) is 5.30. The zero-order valence-electron chi connectivity index (χ0n) is 15.6. The van der Waals surface area contributed by atoms with Gasteiger partial charge in [-0.25, -0.2) is 9.97 Å². The van der Waals surface area contributed by atoms with Crippen LogP contribution < -0.4 is 10.6 Å². The van der Waals surface area contributed by atoms with Crippen molar-refractivity contribution in [2.45, 2.75) is 25.5 Å². The molecule has 2 atom stereocenters. The average Bonchev–Trinajstić information content (AvgIpc) is 3.55. The number of nitrogens with one attached hydrogen (secondary N) is 2. The van der Waals surface area contributed by atoms with Gasteiger partial charge in [-0.2, -0.15) is 0 Å². The number of hydrogen-bond acceptors (Lipinski definition) is 5. The number of epoxide rings is 1. The number of benzene rings is 2. The van der Waals surface area contributed by atoms with Gasteiger partial charge in [0.05, 0.1) is 18.3 Å². The summed E-state index contributed by atoms with van der Waals surface area (Å²) in [4.78, 5) is 20.0. The molecule has 1 aliphatic heterocycles. The normalized spacial score (nSPS) is 16.2. The van der Waals surface area contributed by atoms with E-state index in [4.69, 9.17) is 4.74 Å². The van der Waals surface area contributed by atoms with Crippen LogP contribution in [0.15, 0.2) is 67.0 Å². The zero-order valence-corrected chi connectivity index (χ0v) is 15.6. The summed E-state index contributed by atoms with van der Waals surface area (Å²) in [7, 11) is 0. The summed E-state index contributed by atoms with van der Waals surface area (Å²) in [5.41, 5.74) is 4.01. The third kappa shape index (κ3) is 4.72. The molecule has 142 valence electrons. The largest absolute Gasteiger partial charge is 0.371 e. The van der Waals surface area contributed by atoms with E-state index in [9.17, 15) is 4.79 Å². The number of anilines is 2. The van der Waals surface area contributed by atoms with Crippen LogP contribution in [-0.4, -0.2) is 34.6 Å². The molecule has 0 aliphatic carbocycles. The van der Waals surface area contributed by atoms with E-state index >= 15 is 0 Å². The highest BCUT2D eigenvalue weighted by Crippen LogP contribution is 2.22. The third-order valence-electron chi connectivity index (χ3n) is 4.62. The van der Waals surface area contributed by atoms with Crippen LogP contribution in [0.2, 0.25) is 0 Å². The zero-order chi connectivity index (χ0) is 19.3. The highest BCUT2D eigenvalue weighted by molar-refractivity contribution is 5.73. The molecule has 1 fully saturated rings. The lowest BCUT2D eigenvalue weighted by molar-refractivity contribution is -0.119. The number of hydrogen-bond donors (Lipinski definition) is 2. The predicted molar refractivity (Wildman–Crippen MR) is 108 cm³/mol. The molecular weight excluding hydrogens is 352 g/mol. The van der Waals surface area contributed by atoms with Crippen molar-refractivity contribution in [1.29, 1.82) is 0 Å². The number of ether oxygens (including phenoxy) is 1. The van der Waals surface area contributed by atoms with Crippen molar-refractivity contribution < 1.29 is 9.53 Å². The number of rotatable bonds is 7. The van der Waals surface area contributed by atoms with Crippen LogP contribution >= 0.6 is 0 Å². The molecule has 6 nitrogen and oxygen atoms in total. The molecular formula is C22H22N4O2. The quantitative estimate of drug-likeness (QED) is 0.620. The van der Waals surface area contributed by atoms with E-state index in [1.54, 1.807) is 6.33 Å². The van der Waals surface area contributed by atoms with Crippen molar-refractivity contribution in [1.82, 2.24) is 15.3 Å². The molecule has 28 heavy (non-hydrogen) atoms.